The van der Waals surface area contributed by atoms with Crippen molar-refractivity contribution in [2.45, 2.75) is 6.92 Å². The number of rotatable bonds is 0. The van der Waals surface area contributed by atoms with E-state index in [0.29, 0.717) is 16.8 Å². The lowest BCUT2D eigenvalue weighted by Crippen LogP contribution is -2.14. The Morgan fingerprint density at radius 3 is 2.92 bits per heavy atom. The fraction of sp³-hybridized carbons (Fsp3) is 0.125. The van der Waals surface area contributed by atoms with Crippen molar-refractivity contribution in [1.29, 1.82) is 0 Å². The Kier molecular flexibility index (Phi) is 1.24. The highest BCUT2D eigenvalue weighted by Crippen LogP contribution is 2.17. The monoisotopic (exact) mass is 162 g/mol. The molecule has 0 spiro atoms. The molecular weight excluding hydrogens is 156 g/mol. The largest absolute Gasteiger partial charge is 0.289 e. The molecule has 0 aliphatic heterocycles. The van der Waals surface area contributed by atoms with Crippen LogP contribution in [0.4, 0.5) is 0 Å². The summed E-state index contributed by atoms with van der Waals surface area (Å²) in [6.07, 6.45) is 2.71. The lowest BCUT2D eigenvalue weighted by atomic mass is 9.97. The van der Waals surface area contributed by atoms with Crippen molar-refractivity contribution < 1.29 is 9.59 Å². The molecular formula is C8H6N2O2. The van der Waals surface area contributed by atoms with E-state index in [9.17, 15) is 9.59 Å². The molecule has 0 fully saturated rings. The maximum Gasteiger partial charge on any atom is 0.207 e. The summed E-state index contributed by atoms with van der Waals surface area (Å²) in [6, 6.07) is 0. The molecule has 1 aliphatic rings. The van der Waals surface area contributed by atoms with E-state index in [1.165, 1.54) is 12.3 Å². The van der Waals surface area contributed by atoms with Crippen LogP contribution in [-0.2, 0) is 0 Å². The highest BCUT2D eigenvalue weighted by molar-refractivity contribution is 6.23. The van der Waals surface area contributed by atoms with Crippen LogP contribution in [0.15, 0.2) is 17.8 Å². The van der Waals surface area contributed by atoms with Crippen LogP contribution in [0.3, 0.4) is 0 Å². The second-order valence-electron chi connectivity index (χ2n) is 2.68. The molecule has 0 radical (unpaired) electrons. The number of allylic oxidation sites excluding steroid dienone is 2. The van der Waals surface area contributed by atoms with Gasteiger partial charge in [0.15, 0.2) is 5.78 Å². The van der Waals surface area contributed by atoms with E-state index in [2.05, 4.69) is 10.2 Å². The van der Waals surface area contributed by atoms with Crippen molar-refractivity contribution in [3.05, 3.63) is 29.1 Å². The van der Waals surface area contributed by atoms with Crippen LogP contribution in [0.2, 0.25) is 0 Å². The normalized spacial score (nSPS) is 15.9. The van der Waals surface area contributed by atoms with Gasteiger partial charge in [0, 0.05) is 5.57 Å². The standard InChI is InChI=1S/C8H6N2O2/c1-4-2-6(11)5-3-9-10-7(5)8(4)12/h2-3H,1H3,(H,9,10). The van der Waals surface area contributed by atoms with Gasteiger partial charge < -0.3 is 0 Å². The molecule has 0 saturated carbocycles. The van der Waals surface area contributed by atoms with Gasteiger partial charge in [0.25, 0.3) is 0 Å². The smallest absolute Gasteiger partial charge is 0.207 e. The molecule has 0 saturated heterocycles. The molecule has 0 bridgehead atoms. The molecule has 0 amide bonds. The van der Waals surface area contributed by atoms with E-state index < -0.39 is 0 Å². The molecule has 1 aromatic heterocycles. The summed E-state index contributed by atoms with van der Waals surface area (Å²) in [5.41, 5.74) is 1.13. The number of aromatic nitrogens is 2. The molecule has 0 aromatic carbocycles. The third-order valence-electron chi connectivity index (χ3n) is 1.84. The lowest BCUT2D eigenvalue weighted by Gasteiger charge is -2.05. The number of hydrogen-bond acceptors (Lipinski definition) is 3. The van der Waals surface area contributed by atoms with Crippen LogP contribution in [0.25, 0.3) is 0 Å². The maximum absolute atomic E-state index is 11.3. The summed E-state index contributed by atoms with van der Waals surface area (Å²) in [4.78, 5) is 22.5. The molecule has 0 atom stereocenters. The Morgan fingerprint density at radius 2 is 2.17 bits per heavy atom. The SMILES string of the molecule is CC1=CC(=O)c2cn[nH]c2C1=O. The molecule has 0 unspecified atom stereocenters. The van der Waals surface area contributed by atoms with Crippen molar-refractivity contribution in [3.8, 4) is 0 Å². The Labute approximate surface area is 68.3 Å². The number of nitrogens with zero attached hydrogens (tertiary/aromatic N) is 1. The van der Waals surface area contributed by atoms with Gasteiger partial charge in [-0.1, -0.05) is 0 Å². The zero-order chi connectivity index (χ0) is 8.72. The number of H-pyrrole nitrogens is 1. The van der Waals surface area contributed by atoms with Gasteiger partial charge in [0.05, 0.1) is 11.8 Å². The molecule has 1 heterocycles. The molecule has 60 valence electrons. The number of aromatic amines is 1. The Balaban J connectivity index is 2.67. The third-order valence-corrected chi connectivity index (χ3v) is 1.84. The fourth-order valence-electron chi connectivity index (χ4n) is 1.18. The van der Waals surface area contributed by atoms with E-state index in [1.807, 2.05) is 0 Å². The van der Waals surface area contributed by atoms with Crippen LogP contribution < -0.4 is 0 Å². The highest BCUT2D eigenvalue weighted by atomic mass is 16.1. The first kappa shape index (κ1) is 6.97. The van der Waals surface area contributed by atoms with Gasteiger partial charge in [-0.25, -0.2) is 0 Å². The number of nitrogens with one attached hydrogen (secondary N) is 1. The Morgan fingerprint density at radius 1 is 1.42 bits per heavy atom. The second kappa shape index (κ2) is 2.14. The second-order valence-corrected chi connectivity index (χ2v) is 2.68. The van der Waals surface area contributed by atoms with E-state index in [1.54, 1.807) is 6.92 Å². The van der Waals surface area contributed by atoms with Crippen molar-refractivity contribution in [2.24, 2.45) is 0 Å². The summed E-state index contributed by atoms with van der Waals surface area (Å²) in [6.45, 7) is 1.62. The van der Waals surface area contributed by atoms with Crippen molar-refractivity contribution in [3.63, 3.8) is 0 Å². The summed E-state index contributed by atoms with van der Waals surface area (Å²) >= 11 is 0. The van der Waals surface area contributed by atoms with Crippen molar-refractivity contribution in [2.75, 3.05) is 0 Å². The minimum atomic E-state index is -0.157. The van der Waals surface area contributed by atoms with Crippen LogP contribution in [0, 0.1) is 0 Å². The van der Waals surface area contributed by atoms with Gasteiger partial charge in [-0.2, -0.15) is 5.10 Å². The van der Waals surface area contributed by atoms with Gasteiger partial charge >= 0.3 is 0 Å². The average Bonchev–Trinajstić information content (AvgIpc) is 2.48. The average molecular weight is 162 g/mol. The number of Topliss-reactive ketones (excluding diaryl/α,β-unsaturated/α-hetero) is 1. The number of carbonyl (C=O) groups excluding carboxylic acids is 2. The third kappa shape index (κ3) is 0.747. The fourth-order valence-corrected chi connectivity index (χ4v) is 1.18. The summed E-state index contributed by atoms with van der Waals surface area (Å²) in [5, 5.41) is 6.15. The van der Waals surface area contributed by atoms with E-state index >= 15 is 0 Å². The van der Waals surface area contributed by atoms with E-state index in [-0.39, 0.29) is 11.6 Å². The molecule has 1 aliphatic carbocycles. The topological polar surface area (TPSA) is 62.8 Å². The first-order valence-electron chi connectivity index (χ1n) is 3.51. The molecule has 4 nitrogen and oxygen atoms in total. The van der Waals surface area contributed by atoms with Crippen LogP contribution in [-0.4, -0.2) is 21.8 Å². The maximum atomic E-state index is 11.3. The minimum Gasteiger partial charge on any atom is -0.289 e. The first-order chi connectivity index (χ1) is 5.70. The van der Waals surface area contributed by atoms with E-state index in [4.69, 9.17) is 0 Å². The van der Waals surface area contributed by atoms with Gasteiger partial charge in [-0.15, -0.1) is 0 Å². The number of carbonyl (C=O) groups is 2. The summed E-state index contributed by atoms with van der Waals surface area (Å²) in [5.74, 6) is -0.307. The summed E-state index contributed by atoms with van der Waals surface area (Å²) in [7, 11) is 0. The lowest BCUT2D eigenvalue weighted by molar-refractivity contribution is 0.0982. The Hall–Kier alpha value is -1.71. The zero-order valence-electron chi connectivity index (χ0n) is 6.42. The predicted octanol–water partition coefficient (Wildman–Crippen LogP) is 0.735. The van der Waals surface area contributed by atoms with Gasteiger partial charge in [-0.05, 0) is 13.0 Å². The van der Waals surface area contributed by atoms with Crippen molar-refractivity contribution in [1.82, 2.24) is 10.2 Å². The van der Waals surface area contributed by atoms with Crippen LogP contribution >= 0.6 is 0 Å². The molecule has 12 heavy (non-hydrogen) atoms. The minimum absolute atomic E-state index is 0.151. The quantitative estimate of drug-likeness (QED) is 0.611. The number of ketones is 2. The van der Waals surface area contributed by atoms with Crippen molar-refractivity contribution >= 4 is 11.6 Å². The van der Waals surface area contributed by atoms with E-state index in [0.717, 1.165) is 0 Å². The van der Waals surface area contributed by atoms with Crippen LogP contribution in [0.1, 0.15) is 27.8 Å². The number of hydrogen-bond donors (Lipinski definition) is 1. The van der Waals surface area contributed by atoms with Gasteiger partial charge in [-0.3, -0.25) is 14.7 Å². The summed E-state index contributed by atoms with van der Waals surface area (Å²) < 4.78 is 0. The zero-order valence-corrected chi connectivity index (χ0v) is 6.42. The predicted molar refractivity (Wildman–Crippen MR) is 41.0 cm³/mol. The Bertz CT molecular complexity index is 401. The highest BCUT2D eigenvalue weighted by Gasteiger charge is 2.24. The van der Waals surface area contributed by atoms with Gasteiger partial charge in [0.1, 0.15) is 5.69 Å². The molecule has 1 aromatic rings. The molecule has 4 heteroatoms. The van der Waals surface area contributed by atoms with Crippen LogP contribution in [0.5, 0.6) is 0 Å². The molecule has 1 N–H and O–H groups in total. The first-order valence-corrected chi connectivity index (χ1v) is 3.51. The van der Waals surface area contributed by atoms with Gasteiger partial charge in [0.2, 0.25) is 5.78 Å². The number of fused-ring (bicyclic) bond motifs is 1. The molecule has 2 rings (SSSR count).